The van der Waals surface area contributed by atoms with E-state index in [-0.39, 0.29) is 42.6 Å². The maximum atomic E-state index is 15.5. The first kappa shape index (κ1) is 28.3. The number of carbonyl (C=O) groups excluding carboxylic acids is 1. The highest BCUT2D eigenvalue weighted by molar-refractivity contribution is 7.90. The van der Waals surface area contributed by atoms with E-state index < -0.39 is 44.8 Å². The zero-order valence-electron chi connectivity index (χ0n) is 21.5. The van der Waals surface area contributed by atoms with Crippen LogP contribution in [0.15, 0.2) is 29.2 Å². The lowest BCUT2D eigenvalue weighted by Gasteiger charge is -2.18. The highest BCUT2D eigenvalue weighted by atomic mass is 32.2. The second-order valence-electron chi connectivity index (χ2n) is 9.25. The highest BCUT2D eigenvalue weighted by Gasteiger charge is 2.32. The van der Waals surface area contributed by atoms with Crippen molar-refractivity contribution >= 4 is 38.8 Å². The van der Waals surface area contributed by atoms with E-state index in [4.69, 9.17) is 0 Å². The van der Waals surface area contributed by atoms with E-state index in [1.165, 1.54) is 26.2 Å². The molecule has 0 unspecified atom stereocenters. The number of rotatable bonds is 9. The normalized spacial score (nSPS) is 16.0. The van der Waals surface area contributed by atoms with Crippen LogP contribution in [0.25, 0.3) is 22.2 Å². The van der Waals surface area contributed by atoms with E-state index in [1.807, 2.05) is 4.72 Å². The fraction of sp³-hybridized carbons (Fsp3) is 0.417. The van der Waals surface area contributed by atoms with E-state index >= 15 is 4.39 Å². The van der Waals surface area contributed by atoms with Crippen LogP contribution in [0.1, 0.15) is 19.8 Å². The number of pyridine rings is 1. The van der Waals surface area contributed by atoms with Crippen molar-refractivity contribution in [1.82, 2.24) is 23.7 Å². The van der Waals surface area contributed by atoms with Gasteiger partial charge in [0.05, 0.1) is 16.8 Å². The van der Waals surface area contributed by atoms with Crippen molar-refractivity contribution in [1.29, 1.82) is 0 Å². The van der Waals surface area contributed by atoms with Crippen LogP contribution >= 0.6 is 0 Å². The summed E-state index contributed by atoms with van der Waals surface area (Å²) in [7, 11) is -1.23. The number of carbonyl (C=O) groups is 1. The SMILES string of the molecule is CC(=O)N(C)CCCNc1ncc2cc(-c3c(F)ccc(NS(=O)(=O)N4CC[C@@H](F)C4)c3F)c(=O)n(C)c2n1. The summed E-state index contributed by atoms with van der Waals surface area (Å²) in [5.74, 6) is -2.20. The molecule has 0 bridgehead atoms. The van der Waals surface area contributed by atoms with Crippen LogP contribution in [0.4, 0.5) is 24.8 Å². The van der Waals surface area contributed by atoms with Gasteiger partial charge in [0.15, 0.2) is 5.82 Å². The van der Waals surface area contributed by atoms with Crippen molar-refractivity contribution in [2.24, 2.45) is 7.05 Å². The summed E-state index contributed by atoms with van der Waals surface area (Å²) >= 11 is 0. The summed E-state index contributed by atoms with van der Waals surface area (Å²) < 4.78 is 73.0. The Hall–Kier alpha value is -3.72. The summed E-state index contributed by atoms with van der Waals surface area (Å²) in [6.45, 7) is 2.00. The van der Waals surface area contributed by atoms with Crippen molar-refractivity contribution in [3.05, 3.63) is 46.4 Å². The Morgan fingerprint density at radius 3 is 2.69 bits per heavy atom. The standard InChI is InChI=1S/C24H28F3N7O4S/c1-14(35)32(2)9-4-8-28-24-29-12-15-11-17(23(36)33(3)22(15)30-24)20-18(26)5-6-19(21(20)27)31-39(37,38)34-10-7-16(25)13-34/h5-6,11-12,16,31H,4,7-10,13H2,1-3H3,(H,28,29,30)/t16-/m1/s1. The van der Waals surface area contributed by atoms with Crippen LogP contribution in [0.2, 0.25) is 0 Å². The number of amides is 1. The van der Waals surface area contributed by atoms with Crippen molar-refractivity contribution < 1.29 is 26.4 Å². The van der Waals surface area contributed by atoms with Crippen molar-refractivity contribution in [2.75, 3.05) is 43.3 Å². The molecule has 1 fully saturated rings. The number of benzene rings is 1. The number of nitrogens with zero attached hydrogens (tertiary/aromatic N) is 5. The molecule has 2 N–H and O–H groups in total. The third kappa shape index (κ3) is 5.98. The molecule has 0 saturated carbocycles. The summed E-state index contributed by atoms with van der Waals surface area (Å²) in [6.07, 6.45) is 0.697. The Morgan fingerprint density at radius 1 is 1.28 bits per heavy atom. The number of halogens is 3. The predicted molar refractivity (Wildman–Crippen MR) is 140 cm³/mol. The van der Waals surface area contributed by atoms with Gasteiger partial charge in [-0.25, -0.2) is 18.2 Å². The molecule has 210 valence electrons. The van der Waals surface area contributed by atoms with Gasteiger partial charge in [0.2, 0.25) is 11.9 Å². The summed E-state index contributed by atoms with van der Waals surface area (Å²) in [6, 6.07) is 2.97. The zero-order valence-corrected chi connectivity index (χ0v) is 22.4. The lowest BCUT2D eigenvalue weighted by molar-refractivity contribution is -0.127. The Bertz CT molecular complexity index is 1580. The highest BCUT2D eigenvalue weighted by Crippen LogP contribution is 2.31. The quantitative estimate of drug-likeness (QED) is 0.380. The molecule has 39 heavy (non-hydrogen) atoms. The van der Waals surface area contributed by atoms with Crippen LogP contribution in [0, 0.1) is 11.6 Å². The van der Waals surface area contributed by atoms with Crippen LogP contribution in [0.5, 0.6) is 0 Å². The number of aryl methyl sites for hydroxylation is 1. The molecule has 1 amide bonds. The number of anilines is 2. The van der Waals surface area contributed by atoms with E-state index in [9.17, 15) is 26.8 Å². The third-order valence-electron chi connectivity index (χ3n) is 6.47. The molecule has 11 nitrogen and oxygen atoms in total. The molecule has 15 heteroatoms. The van der Waals surface area contributed by atoms with Gasteiger partial charge in [0, 0.05) is 58.8 Å². The van der Waals surface area contributed by atoms with E-state index in [0.717, 1.165) is 21.0 Å². The molecule has 1 aliphatic rings. The van der Waals surface area contributed by atoms with Crippen LogP contribution in [0.3, 0.4) is 0 Å². The topological polar surface area (TPSA) is 130 Å². The molecule has 2 aromatic heterocycles. The van der Waals surface area contributed by atoms with E-state index in [2.05, 4.69) is 15.3 Å². The predicted octanol–water partition coefficient (Wildman–Crippen LogP) is 2.25. The lowest BCUT2D eigenvalue weighted by atomic mass is 10.0. The Labute approximate surface area is 222 Å². The van der Waals surface area contributed by atoms with Gasteiger partial charge in [0.1, 0.15) is 17.6 Å². The summed E-state index contributed by atoms with van der Waals surface area (Å²) in [4.78, 5) is 34.5. The fourth-order valence-corrected chi connectivity index (χ4v) is 5.44. The minimum absolute atomic E-state index is 0.0156. The largest absolute Gasteiger partial charge is 0.354 e. The number of hydrogen-bond donors (Lipinski definition) is 2. The van der Waals surface area contributed by atoms with Gasteiger partial charge in [-0.05, 0) is 31.0 Å². The van der Waals surface area contributed by atoms with Crippen LogP contribution in [-0.4, -0.2) is 77.5 Å². The molecule has 1 atom stereocenters. The van der Waals surface area contributed by atoms with Gasteiger partial charge in [-0.3, -0.25) is 18.9 Å². The Kier molecular flexibility index (Phi) is 8.11. The first-order chi connectivity index (χ1) is 18.4. The number of fused-ring (bicyclic) bond motifs is 1. The summed E-state index contributed by atoms with van der Waals surface area (Å²) in [5, 5.41) is 3.32. The average Bonchev–Trinajstić information content (AvgIpc) is 3.34. The van der Waals surface area contributed by atoms with E-state index in [1.54, 1.807) is 11.9 Å². The Balaban J connectivity index is 1.63. The number of nitrogens with one attached hydrogen (secondary N) is 2. The van der Waals surface area contributed by atoms with Gasteiger partial charge in [-0.15, -0.1) is 0 Å². The lowest BCUT2D eigenvalue weighted by Crippen LogP contribution is -2.34. The third-order valence-corrected chi connectivity index (χ3v) is 7.96. The minimum Gasteiger partial charge on any atom is -0.354 e. The summed E-state index contributed by atoms with van der Waals surface area (Å²) in [5.41, 5.74) is -2.23. The number of aromatic nitrogens is 3. The molecule has 0 radical (unpaired) electrons. The smallest absolute Gasteiger partial charge is 0.301 e. The van der Waals surface area contributed by atoms with Gasteiger partial charge < -0.3 is 10.2 Å². The molecule has 1 aliphatic heterocycles. The van der Waals surface area contributed by atoms with E-state index in [0.29, 0.717) is 24.9 Å². The molecule has 1 aromatic carbocycles. The zero-order chi connectivity index (χ0) is 28.5. The molecule has 0 aliphatic carbocycles. The molecule has 1 saturated heterocycles. The van der Waals surface area contributed by atoms with Gasteiger partial charge in [-0.2, -0.15) is 17.7 Å². The first-order valence-corrected chi connectivity index (χ1v) is 13.6. The fourth-order valence-electron chi connectivity index (χ4n) is 4.17. The second-order valence-corrected chi connectivity index (χ2v) is 10.9. The molecule has 4 rings (SSSR count). The van der Waals surface area contributed by atoms with Crippen molar-refractivity contribution in [3.8, 4) is 11.1 Å². The van der Waals surface area contributed by atoms with Crippen LogP contribution in [-0.2, 0) is 22.1 Å². The molecule has 3 heterocycles. The monoisotopic (exact) mass is 567 g/mol. The maximum absolute atomic E-state index is 15.5. The molecule has 3 aromatic rings. The van der Waals surface area contributed by atoms with Gasteiger partial charge in [-0.1, -0.05) is 0 Å². The van der Waals surface area contributed by atoms with Gasteiger partial charge in [0.25, 0.3) is 5.56 Å². The molecular formula is C24H28F3N7O4S. The van der Waals surface area contributed by atoms with Crippen LogP contribution < -0.4 is 15.6 Å². The number of alkyl halides is 1. The Morgan fingerprint density at radius 2 is 2.03 bits per heavy atom. The number of hydrogen-bond acceptors (Lipinski definition) is 7. The minimum atomic E-state index is -4.31. The van der Waals surface area contributed by atoms with Gasteiger partial charge >= 0.3 is 10.2 Å². The second kappa shape index (κ2) is 11.2. The van der Waals surface area contributed by atoms with Crippen molar-refractivity contribution in [3.63, 3.8) is 0 Å². The maximum Gasteiger partial charge on any atom is 0.301 e. The average molecular weight is 568 g/mol. The van der Waals surface area contributed by atoms with Crippen molar-refractivity contribution in [2.45, 2.75) is 25.9 Å². The first-order valence-electron chi connectivity index (χ1n) is 12.1. The molecule has 0 spiro atoms. The molecular weight excluding hydrogens is 539 g/mol.